The van der Waals surface area contributed by atoms with Gasteiger partial charge in [0.2, 0.25) is 0 Å². The Labute approximate surface area is 100 Å². The molecule has 1 rings (SSSR count). The van der Waals surface area contributed by atoms with E-state index in [9.17, 15) is 9.59 Å². The van der Waals surface area contributed by atoms with Gasteiger partial charge in [-0.3, -0.25) is 9.59 Å². The molecule has 16 heavy (non-hydrogen) atoms. The number of Topliss-reactive ketones (excluding diaryl/α,β-unsaturated/α-hetero) is 1. The molecule has 88 valence electrons. The standard InChI is InChI=1S/C11H13NO3.ClH/c1-15-11(14)9(12)7-10(13)8-5-3-2-4-6-8;/h2-6,9H,7,12H2,1H3;1H/t9-;/m0./s1. The molecule has 0 amide bonds. The fourth-order valence-corrected chi connectivity index (χ4v) is 1.18. The molecule has 0 aromatic heterocycles. The van der Waals surface area contributed by atoms with Gasteiger partial charge in [0.1, 0.15) is 6.04 Å². The maximum atomic E-state index is 11.6. The van der Waals surface area contributed by atoms with Crippen molar-refractivity contribution in [2.75, 3.05) is 7.11 Å². The van der Waals surface area contributed by atoms with Crippen LogP contribution in [0.1, 0.15) is 16.8 Å². The molecule has 1 aromatic rings. The van der Waals surface area contributed by atoms with Gasteiger partial charge in [0.05, 0.1) is 7.11 Å². The minimum absolute atomic E-state index is 0. The Morgan fingerprint density at radius 1 is 1.31 bits per heavy atom. The summed E-state index contributed by atoms with van der Waals surface area (Å²) >= 11 is 0. The van der Waals surface area contributed by atoms with E-state index >= 15 is 0 Å². The van der Waals surface area contributed by atoms with E-state index in [0.717, 1.165) is 0 Å². The van der Waals surface area contributed by atoms with Crippen molar-refractivity contribution < 1.29 is 14.3 Å². The molecule has 0 bridgehead atoms. The smallest absolute Gasteiger partial charge is 0.323 e. The zero-order chi connectivity index (χ0) is 11.3. The van der Waals surface area contributed by atoms with Gasteiger partial charge in [-0.1, -0.05) is 30.3 Å². The molecule has 1 aromatic carbocycles. The predicted octanol–water partition coefficient (Wildman–Crippen LogP) is 1.18. The Hall–Kier alpha value is -1.39. The van der Waals surface area contributed by atoms with Gasteiger partial charge in [-0.25, -0.2) is 0 Å². The summed E-state index contributed by atoms with van der Waals surface area (Å²) in [5.41, 5.74) is 6.02. The van der Waals surface area contributed by atoms with Crippen LogP contribution < -0.4 is 5.73 Å². The minimum atomic E-state index is -0.886. The van der Waals surface area contributed by atoms with Crippen molar-refractivity contribution in [2.45, 2.75) is 12.5 Å². The van der Waals surface area contributed by atoms with Gasteiger partial charge in [0.15, 0.2) is 5.78 Å². The van der Waals surface area contributed by atoms with Crippen LogP contribution in [0.2, 0.25) is 0 Å². The lowest BCUT2D eigenvalue weighted by Crippen LogP contribution is -2.33. The quantitative estimate of drug-likeness (QED) is 0.637. The molecule has 0 aliphatic heterocycles. The summed E-state index contributed by atoms with van der Waals surface area (Å²) in [6, 6.07) is 7.83. The van der Waals surface area contributed by atoms with Crippen LogP contribution in [0.25, 0.3) is 0 Å². The van der Waals surface area contributed by atoms with Crippen molar-refractivity contribution in [3.05, 3.63) is 35.9 Å². The number of methoxy groups -OCH3 is 1. The highest BCUT2D eigenvalue weighted by atomic mass is 35.5. The van der Waals surface area contributed by atoms with Gasteiger partial charge in [0, 0.05) is 12.0 Å². The first-order valence-electron chi connectivity index (χ1n) is 4.57. The lowest BCUT2D eigenvalue weighted by atomic mass is 10.0. The second-order valence-corrected chi connectivity index (χ2v) is 3.12. The van der Waals surface area contributed by atoms with E-state index in [0.29, 0.717) is 5.56 Å². The highest BCUT2D eigenvalue weighted by Crippen LogP contribution is 2.05. The topological polar surface area (TPSA) is 69.4 Å². The second-order valence-electron chi connectivity index (χ2n) is 3.12. The number of carbonyl (C=O) groups excluding carboxylic acids is 2. The van der Waals surface area contributed by atoms with E-state index < -0.39 is 12.0 Å². The zero-order valence-corrected chi connectivity index (χ0v) is 9.70. The Bertz CT molecular complexity index is 354. The minimum Gasteiger partial charge on any atom is -0.468 e. The van der Waals surface area contributed by atoms with Crippen LogP contribution in [0.4, 0.5) is 0 Å². The molecule has 0 spiro atoms. The summed E-state index contributed by atoms with van der Waals surface area (Å²) in [7, 11) is 1.25. The first kappa shape index (κ1) is 14.6. The first-order valence-corrected chi connectivity index (χ1v) is 4.57. The van der Waals surface area contributed by atoms with Gasteiger partial charge >= 0.3 is 5.97 Å². The molecule has 0 saturated carbocycles. The summed E-state index contributed by atoms with van der Waals surface area (Å²) in [5.74, 6) is -0.729. The van der Waals surface area contributed by atoms with E-state index in [2.05, 4.69) is 4.74 Å². The van der Waals surface area contributed by atoms with Gasteiger partial charge in [0.25, 0.3) is 0 Å². The number of ether oxygens (including phenoxy) is 1. The van der Waals surface area contributed by atoms with Crippen LogP contribution in [0, 0.1) is 0 Å². The molecular weight excluding hydrogens is 230 g/mol. The molecule has 0 unspecified atom stereocenters. The second kappa shape index (κ2) is 6.98. The largest absolute Gasteiger partial charge is 0.468 e. The van der Waals surface area contributed by atoms with Gasteiger partial charge in [-0.05, 0) is 0 Å². The van der Waals surface area contributed by atoms with Crippen LogP contribution >= 0.6 is 12.4 Å². The van der Waals surface area contributed by atoms with Crippen LogP contribution in [0.3, 0.4) is 0 Å². The third-order valence-electron chi connectivity index (χ3n) is 2.01. The number of ketones is 1. The molecule has 0 heterocycles. The van der Waals surface area contributed by atoms with Crippen molar-refractivity contribution in [1.82, 2.24) is 0 Å². The molecule has 2 N–H and O–H groups in total. The molecule has 0 radical (unpaired) electrons. The predicted molar refractivity (Wildman–Crippen MR) is 62.6 cm³/mol. The van der Waals surface area contributed by atoms with E-state index in [1.807, 2.05) is 6.07 Å². The number of halogens is 1. The van der Waals surface area contributed by atoms with Gasteiger partial charge in [-0.2, -0.15) is 0 Å². The lowest BCUT2D eigenvalue weighted by Gasteiger charge is -2.07. The third-order valence-corrected chi connectivity index (χ3v) is 2.01. The summed E-state index contributed by atoms with van der Waals surface area (Å²) in [6.07, 6.45) is -0.0311. The highest BCUT2D eigenvalue weighted by Gasteiger charge is 2.18. The number of hydrogen-bond acceptors (Lipinski definition) is 4. The summed E-state index contributed by atoms with van der Waals surface area (Å²) in [4.78, 5) is 22.6. The van der Waals surface area contributed by atoms with Crippen LogP contribution in [-0.4, -0.2) is 24.9 Å². The average Bonchev–Trinajstić information content (AvgIpc) is 2.29. The number of benzene rings is 1. The first-order chi connectivity index (χ1) is 7.15. The highest BCUT2D eigenvalue weighted by molar-refractivity contribution is 5.98. The Morgan fingerprint density at radius 3 is 2.38 bits per heavy atom. The maximum Gasteiger partial charge on any atom is 0.323 e. The molecule has 0 fully saturated rings. The number of hydrogen-bond donors (Lipinski definition) is 1. The average molecular weight is 244 g/mol. The van der Waals surface area contributed by atoms with Crippen molar-refractivity contribution in [1.29, 1.82) is 0 Å². The number of rotatable bonds is 4. The normalized spacial score (nSPS) is 11.1. The van der Waals surface area contributed by atoms with Gasteiger partial charge < -0.3 is 10.5 Å². The fourth-order valence-electron chi connectivity index (χ4n) is 1.18. The monoisotopic (exact) mass is 243 g/mol. The molecular formula is C11H14ClNO3. The van der Waals surface area contributed by atoms with E-state index in [1.165, 1.54) is 7.11 Å². The van der Waals surface area contributed by atoms with Crippen molar-refractivity contribution in [3.63, 3.8) is 0 Å². The molecule has 1 atom stereocenters. The molecule has 0 saturated heterocycles. The van der Waals surface area contributed by atoms with Gasteiger partial charge in [-0.15, -0.1) is 12.4 Å². The fraction of sp³-hybridized carbons (Fsp3) is 0.273. The van der Waals surface area contributed by atoms with Crippen molar-refractivity contribution >= 4 is 24.2 Å². The summed E-state index contributed by atoms with van der Waals surface area (Å²) in [5, 5.41) is 0. The zero-order valence-electron chi connectivity index (χ0n) is 8.88. The van der Waals surface area contributed by atoms with E-state index in [-0.39, 0.29) is 24.6 Å². The third kappa shape index (κ3) is 4.00. The molecule has 5 heteroatoms. The number of carbonyl (C=O) groups is 2. The lowest BCUT2D eigenvalue weighted by molar-refractivity contribution is -0.142. The molecule has 4 nitrogen and oxygen atoms in total. The Morgan fingerprint density at radius 2 is 1.88 bits per heavy atom. The van der Waals surface area contributed by atoms with Crippen LogP contribution in [-0.2, 0) is 9.53 Å². The SMILES string of the molecule is COC(=O)[C@@H](N)CC(=O)c1ccccc1.Cl. The van der Waals surface area contributed by atoms with E-state index in [4.69, 9.17) is 5.73 Å². The van der Waals surface area contributed by atoms with Crippen molar-refractivity contribution in [2.24, 2.45) is 5.73 Å². The number of esters is 1. The van der Waals surface area contributed by atoms with Crippen LogP contribution in [0.15, 0.2) is 30.3 Å². The van der Waals surface area contributed by atoms with Crippen molar-refractivity contribution in [3.8, 4) is 0 Å². The number of nitrogens with two attached hydrogens (primary N) is 1. The Kier molecular flexibility index (Phi) is 6.37. The molecule has 0 aliphatic rings. The maximum absolute atomic E-state index is 11.6. The van der Waals surface area contributed by atoms with E-state index in [1.54, 1.807) is 24.3 Å². The summed E-state index contributed by atoms with van der Waals surface area (Å²) in [6.45, 7) is 0. The summed E-state index contributed by atoms with van der Waals surface area (Å²) < 4.78 is 4.43. The van der Waals surface area contributed by atoms with Crippen LogP contribution in [0.5, 0.6) is 0 Å². The Balaban J connectivity index is 0.00000225. The molecule has 0 aliphatic carbocycles.